The molecule has 0 amide bonds. The third-order valence-electron chi connectivity index (χ3n) is 2.59. The van der Waals surface area contributed by atoms with Crippen LogP contribution < -0.4 is 5.73 Å². The topological polar surface area (TPSA) is 64.7 Å². The molecule has 2 aromatic carbocycles. The van der Waals surface area contributed by atoms with Gasteiger partial charge in [-0.15, -0.1) is 10.2 Å². The number of para-hydroxylation sites is 1. The Labute approximate surface area is 108 Å². The molecule has 18 heavy (non-hydrogen) atoms. The molecule has 0 saturated carbocycles. The molecular formula is C13H9ClN4. The van der Waals surface area contributed by atoms with Crippen LogP contribution in [-0.2, 0) is 0 Å². The number of nitrogens with two attached hydrogens (primary N) is 1. The van der Waals surface area contributed by atoms with Crippen molar-refractivity contribution in [1.29, 1.82) is 0 Å². The highest BCUT2D eigenvalue weighted by Crippen LogP contribution is 2.27. The maximum absolute atomic E-state index is 6.13. The minimum atomic E-state index is 0.499. The Balaban J connectivity index is 2.19. The molecule has 0 aliphatic carbocycles. The lowest BCUT2D eigenvalue weighted by atomic mass is 10.2. The third kappa shape index (κ3) is 1.87. The number of rotatable bonds is 1. The zero-order valence-corrected chi connectivity index (χ0v) is 10.1. The van der Waals surface area contributed by atoms with Gasteiger partial charge in [0.05, 0.1) is 10.5 Å². The lowest BCUT2D eigenvalue weighted by molar-refractivity contribution is 1.03. The van der Waals surface area contributed by atoms with Crippen molar-refractivity contribution in [2.75, 3.05) is 5.73 Å². The van der Waals surface area contributed by atoms with E-state index in [1.54, 1.807) is 18.2 Å². The van der Waals surface area contributed by atoms with Crippen molar-refractivity contribution >= 4 is 28.3 Å². The van der Waals surface area contributed by atoms with Gasteiger partial charge < -0.3 is 5.73 Å². The van der Waals surface area contributed by atoms with E-state index in [0.29, 0.717) is 16.5 Å². The Bertz CT molecular complexity index is 727. The molecule has 88 valence electrons. The summed E-state index contributed by atoms with van der Waals surface area (Å²) >= 11 is 6.13. The van der Waals surface area contributed by atoms with Gasteiger partial charge in [0.25, 0.3) is 0 Å². The molecule has 0 saturated heterocycles. The molecule has 0 radical (unpaired) electrons. The molecule has 5 heteroatoms. The largest absolute Gasteiger partial charge is 0.399 e. The fourth-order valence-corrected chi connectivity index (χ4v) is 1.98. The molecule has 1 aromatic heterocycles. The maximum Gasteiger partial charge on any atom is 0.183 e. The van der Waals surface area contributed by atoms with E-state index >= 15 is 0 Å². The summed E-state index contributed by atoms with van der Waals surface area (Å²) in [4.78, 5) is 4.44. The summed E-state index contributed by atoms with van der Waals surface area (Å²) in [5.41, 5.74) is 8.53. The van der Waals surface area contributed by atoms with Crippen LogP contribution in [0, 0.1) is 0 Å². The van der Waals surface area contributed by atoms with Crippen LogP contribution in [0.2, 0.25) is 5.02 Å². The summed E-state index contributed by atoms with van der Waals surface area (Å²) in [6.45, 7) is 0. The molecule has 1 heterocycles. The Morgan fingerprint density at radius 3 is 2.50 bits per heavy atom. The highest BCUT2D eigenvalue weighted by atomic mass is 35.5. The first-order valence-corrected chi connectivity index (χ1v) is 5.77. The number of halogens is 1. The molecule has 2 N–H and O–H groups in total. The quantitative estimate of drug-likeness (QED) is 0.680. The normalized spacial score (nSPS) is 10.7. The van der Waals surface area contributed by atoms with Crippen molar-refractivity contribution in [3.63, 3.8) is 0 Å². The number of nitrogen functional groups attached to an aromatic ring is 1. The summed E-state index contributed by atoms with van der Waals surface area (Å²) in [6.07, 6.45) is 0. The van der Waals surface area contributed by atoms with E-state index in [-0.39, 0.29) is 0 Å². The van der Waals surface area contributed by atoms with E-state index in [0.717, 1.165) is 16.6 Å². The van der Waals surface area contributed by atoms with Gasteiger partial charge in [0.2, 0.25) is 0 Å². The summed E-state index contributed by atoms with van der Waals surface area (Å²) in [5, 5.41) is 8.72. The van der Waals surface area contributed by atoms with E-state index in [1.165, 1.54) is 0 Å². The van der Waals surface area contributed by atoms with Crippen LogP contribution in [0.3, 0.4) is 0 Å². The van der Waals surface area contributed by atoms with Gasteiger partial charge in [-0.1, -0.05) is 23.7 Å². The van der Waals surface area contributed by atoms with Gasteiger partial charge in [0.1, 0.15) is 5.52 Å². The number of fused-ring (bicyclic) bond motifs is 1. The zero-order chi connectivity index (χ0) is 12.5. The molecule has 3 aromatic rings. The molecule has 0 atom stereocenters. The van der Waals surface area contributed by atoms with Gasteiger partial charge in [0, 0.05) is 11.3 Å². The Morgan fingerprint density at radius 1 is 0.944 bits per heavy atom. The van der Waals surface area contributed by atoms with Crippen LogP contribution in [0.4, 0.5) is 5.69 Å². The van der Waals surface area contributed by atoms with E-state index in [4.69, 9.17) is 17.3 Å². The van der Waals surface area contributed by atoms with Crippen molar-refractivity contribution in [2.45, 2.75) is 0 Å². The lowest BCUT2D eigenvalue weighted by Gasteiger charge is -2.04. The number of aromatic nitrogens is 3. The van der Waals surface area contributed by atoms with Crippen LogP contribution >= 0.6 is 11.6 Å². The predicted octanol–water partition coefficient (Wildman–Crippen LogP) is 2.93. The Morgan fingerprint density at radius 2 is 1.72 bits per heavy atom. The first-order valence-electron chi connectivity index (χ1n) is 5.39. The molecule has 0 fully saturated rings. The lowest BCUT2D eigenvalue weighted by Crippen LogP contribution is -1.95. The molecule has 0 unspecified atom stereocenters. The molecule has 0 bridgehead atoms. The fraction of sp³-hybridized carbons (Fsp3) is 0. The SMILES string of the molecule is Nc1ccc(-c2nnc3ccccc3n2)c(Cl)c1. The second kappa shape index (κ2) is 4.23. The average molecular weight is 257 g/mol. The molecule has 0 aliphatic heterocycles. The second-order valence-corrected chi connectivity index (χ2v) is 4.27. The zero-order valence-electron chi connectivity index (χ0n) is 9.34. The summed E-state index contributed by atoms with van der Waals surface area (Å²) < 4.78 is 0. The van der Waals surface area contributed by atoms with Gasteiger partial charge in [0.15, 0.2) is 5.82 Å². The van der Waals surface area contributed by atoms with Gasteiger partial charge in [-0.3, -0.25) is 0 Å². The smallest absolute Gasteiger partial charge is 0.183 e. The van der Waals surface area contributed by atoms with E-state index in [1.807, 2.05) is 24.3 Å². The minimum Gasteiger partial charge on any atom is -0.399 e. The number of hydrogen-bond acceptors (Lipinski definition) is 4. The number of anilines is 1. The number of nitrogens with zero attached hydrogens (tertiary/aromatic N) is 3. The van der Waals surface area contributed by atoms with E-state index < -0.39 is 0 Å². The number of benzene rings is 2. The first-order chi connectivity index (χ1) is 8.74. The van der Waals surface area contributed by atoms with Crippen molar-refractivity contribution in [3.05, 3.63) is 47.5 Å². The van der Waals surface area contributed by atoms with Crippen LogP contribution in [0.15, 0.2) is 42.5 Å². The van der Waals surface area contributed by atoms with Crippen LogP contribution in [0.1, 0.15) is 0 Å². The Hall–Kier alpha value is -2.20. The van der Waals surface area contributed by atoms with Crippen molar-refractivity contribution < 1.29 is 0 Å². The van der Waals surface area contributed by atoms with E-state index in [9.17, 15) is 0 Å². The minimum absolute atomic E-state index is 0.499. The highest BCUT2D eigenvalue weighted by molar-refractivity contribution is 6.33. The molecule has 0 spiro atoms. The number of hydrogen-bond donors (Lipinski definition) is 1. The molecule has 3 rings (SSSR count). The molecule has 0 aliphatic rings. The molecule has 4 nitrogen and oxygen atoms in total. The van der Waals surface area contributed by atoms with Crippen molar-refractivity contribution in [3.8, 4) is 11.4 Å². The highest BCUT2D eigenvalue weighted by Gasteiger charge is 2.08. The summed E-state index contributed by atoms with van der Waals surface area (Å²) in [7, 11) is 0. The predicted molar refractivity (Wildman–Crippen MR) is 72.2 cm³/mol. The maximum atomic E-state index is 6.13. The first kappa shape index (κ1) is 10.9. The standard InChI is InChI=1S/C13H9ClN4/c14-10-7-8(15)5-6-9(10)13-16-11-3-1-2-4-12(11)17-18-13/h1-7H,15H2. The summed E-state index contributed by atoms with van der Waals surface area (Å²) in [6, 6.07) is 12.8. The van der Waals surface area contributed by atoms with E-state index in [2.05, 4.69) is 15.2 Å². The third-order valence-corrected chi connectivity index (χ3v) is 2.91. The van der Waals surface area contributed by atoms with Gasteiger partial charge in [-0.05, 0) is 30.3 Å². The molecular weight excluding hydrogens is 248 g/mol. The summed E-state index contributed by atoms with van der Waals surface area (Å²) in [5.74, 6) is 0.499. The average Bonchev–Trinajstić information content (AvgIpc) is 2.38. The second-order valence-electron chi connectivity index (χ2n) is 3.86. The van der Waals surface area contributed by atoms with Gasteiger partial charge >= 0.3 is 0 Å². The monoisotopic (exact) mass is 256 g/mol. The van der Waals surface area contributed by atoms with Crippen LogP contribution in [0.25, 0.3) is 22.4 Å². The van der Waals surface area contributed by atoms with Crippen molar-refractivity contribution in [2.24, 2.45) is 0 Å². The fourth-order valence-electron chi connectivity index (χ4n) is 1.71. The van der Waals surface area contributed by atoms with Crippen LogP contribution in [-0.4, -0.2) is 15.2 Å². The van der Waals surface area contributed by atoms with Gasteiger partial charge in [-0.25, -0.2) is 4.98 Å². The van der Waals surface area contributed by atoms with Crippen molar-refractivity contribution in [1.82, 2.24) is 15.2 Å². The van der Waals surface area contributed by atoms with Crippen LogP contribution in [0.5, 0.6) is 0 Å². The Kier molecular flexibility index (Phi) is 2.57. The van der Waals surface area contributed by atoms with Gasteiger partial charge in [-0.2, -0.15) is 0 Å².